The number of phenolic OH excluding ortho intramolecular Hbond substituents is 1. The second-order valence-electron chi connectivity index (χ2n) is 3.58. The Bertz CT molecular complexity index is 404. The third-order valence-electron chi connectivity index (χ3n) is 2.19. The summed E-state index contributed by atoms with van der Waals surface area (Å²) in [6.45, 7) is 0. The normalized spacial score (nSPS) is 10.0. The zero-order valence-electron chi connectivity index (χ0n) is 9.45. The quantitative estimate of drug-likeness (QED) is 0.864. The molecule has 4 nitrogen and oxygen atoms in total. The van der Waals surface area contributed by atoms with E-state index in [0.29, 0.717) is 5.56 Å². The fourth-order valence-electron chi connectivity index (χ4n) is 1.30. The van der Waals surface area contributed by atoms with Crippen molar-refractivity contribution in [1.82, 2.24) is 0 Å². The van der Waals surface area contributed by atoms with Gasteiger partial charge in [0.2, 0.25) is 0 Å². The molecule has 0 aromatic heterocycles. The fourth-order valence-corrected chi connectivity index (χ4v) is 2.05. The lowest BCUT2D eigenvalue weighted by Gasteiger charge is -2.16. The molecular weight excluding hydrogens is 274 g/mol. The Morgan fingerprint density at radius 3 is 2.62 bits per heavy atom. The predicted octanol–water partition coefficient (Wildman–Crippen LogP) is 1.94. The maximum atomic E-state index is 11.1. The third-order valence-corrected chi connectivity index (χ3v) is 2.83. The van der Waals surface area contributed by atoms with E-state index in [-0.39, 0.29) is 18.1 Å². The molecule has 88 valence electrons. The Hall–Kier alpha value is -1.23. The van der Waals surface area contributed by atoms with E-state index in [0.717, 1.165) is 10.2 Å². The number of nitrogens with zero attached hydrogens (tertiary/aromatic N) is 1. The van der Waals surface area contributed by atoms with Gasteiger partial charge < -0.3 is 14.7 Å². The van der Waals surface area contributed by atoms with Gasteiger partial charge >= 0.3 is 5.97 Å². The van der Waals surface area contributed by atoms with Crippen molar-refractivity contribution in [2.75, 3.05) is 26.1 Å². The van der Waals surface area contributed by atoms with Gasteiger partial charge in [0.15, 0.2) is 0 Å². The lowest BCUT2D eigenvalue weighted by atomic mass is 10.1. The molecule has 0 amide bonds. The molecule has 0 heterocycles. The number of phenols is 1. The van der Waals surface area contributed by atoms with Gasteiger partial charge in [-0.25, -0.2) is 0 Å². The molecule has 0 bridgehead atoms. The van der Waals surface area contributed by atoms with Gasteiger partial charge in [-0.05, 0) is 22.0 Å². The number of hydrogen-bond donors (Lipinski definition) is 1. The number of anilines is 1. The number of halogens is 1. The molecule has 0 atom stereocenters. The van der Waals surface area contributed by atoms with E-state index in [1.54, 1.807) is 12.1 Å². The van der Waals surface area contributed by atoms with Crippen LogP contribution in [0, 0.1) is 0 Å². The first-order valence-electron chi connectivity index (χ1n) is 4.71. The van der Waals surface area contributed by atoms with E-state index in [2.05, 4.69) is 20.7 Å². The van der Waals surface area contributed by atoms with Gasteiger partial charge in [-0.15, -0.1) is 0 Å². The smallest absolute Gasteiger partial charge is 0.310 e. The van der Waals surface area contributed by atoms with Crippen molar-refractivity contribution in [2.45, 2.75) is 6.42 Å². The van der Waals surface area contributed by atoms with Crippen LogP contribution in [0.15, 0.2) is 16.6 Å². The molecule has 0 aliphatic heterocycles. The summed E-state index contributed by atoms with van der Waals surface area (Å²) >= 11 is 3.39. The number of rotatable bonds is 3. The fraction of sp³-hybridized carbons (Fsp3) is 0.364. The second kappa shape index (κ2) is 5.21. The van der Waals surface area contributed by atoms with Crippen LogP contribution in [0.2, 0.25) is 0 Å². The minimum Gasteiger partial charge on any atom is -0.508 e. The molecule has 0 aliphatic carbocycles. The molecule has 1 aromatic carbocycles. The van der Waals surface area contributed by atoms with Crippen LogP contribution in [0.3, 0.4) is 0 Å². The van der Waals surface area contributed by atoms with Crippen LogP contribution in [0.1, 0.15) is 5.56 Å². The Morgan fingerprint density at radius 2 is 2.12 bits per heavy atom. The summed E-state index contributed by atoms with van der Waals surface area (Å²) in [6, 6.07) is 3.34. The summed E-state index contributed by atoms with van der Waals surface area (Å²) in [5.74, 6) is -0.280. The Kier molecular flexibility index (Phi) is 4.18. The number of carbonyl (C=O) groups is 1. The van der Waals surface area contributed by atoms with Crippen molar-refractivity contribution in [3.63, 3.8) is 0 Å². The van der Waals surface area contributed by atoms with Crippen molar-refractivity contribution in [3.8, 4) is 5.75 Å². The van der Waals surface area contributed by atoms with Gasteiger partial charge in [0.1, 0.15) is 5.75 Å². The molecule has 0 saturated carbocycles. The minimum absolute atomic E-state index is 0.0641. The molecule has 0 fully saturated rings. The molecule has 1 rings (SSSR count). The first-order chi connectivity index (χ1) is 7.45. The van der Waals surface area contributed by atoms with Crippen LogP contribution in [-0.4, -0.2) is 32.3 Å². The Morgan fingerprint density at radius 1 is 1.50 bits per heavy atom. The SMILES string of the molecule is COC(=O)Cc1cc(Br)c(N(C)C)cc1O. The maximum absolute atomic E-state index is 11.1. The monoisotopic (exact) mass is 287 g/mol. The van der Waals surface area contributed by atoms with Gasteiger partial charge in [-0.1, -0.05) is 0 Å². The molecule has 1 N–H and O–H groups in total. The number of ether oxygens (including phenoxy) is 1. The van der Waals surface area contributed by atoms with Crippen LogP contribution < -0.4 is 4.90 Å². The lowest BCUT2D eigenvalue weighted by Crippen LogP contribution is -2.10. The van der Waals surface area contributed by atoms with Crippen molar-refractivity contribution in [3.05, 3.63) is 22.2 Å². The number of benzene rings is 1. The molecule has 16 heavy (non-hydrogen) atoms. The summed E-state index contributed by atoms with van der Waals surface area (Å²) in [6.07, 6.45) is 0.0641. The Balaban J connectivity index is 3.05. The van der Waals surface area contributed by atoms with Crippen molar-refractivity contribution in [2.24, 2.45) is 0 Å². The van der Waals surface area contributed by atoms with Crippen molar-refractivity contribution < 1.29 is 14.6 Å². The average molecular weight is 288 g/mol. The molecule has 0 spiro atoms. The largest absolute Gasteiger partial charge is 0.508 e. The van der Waals surface area contributed by atoms with Crippen LogP contribution in [0.25, 0.3) is 0 Å². The van der Waals surface area contributed by atoms with E-state index in [1.165, 1.54) is 7.11 Å². The van der Waals surface area contributed by atoms with Crippen molar-refractivity contribution >= 4 is 27.6 Å². The highest BCUT2D eigenvalue weighted by Crippen LogP contribution is 2.32. The van der Waals surface area contributed by atoms with Crippen LogP contribution >= 0.6 is 15.9 Å². The third kappa shape index (κ3) is 2.88. The highest BCUT2D eigenvalue weighted by Gasteiger charge is 2.12. The van der Waals surface area contributed by atoms with Gasteiger partial charge in [0.05, 0.1) is 19.2 Å². The summed E-state index contributed by atoms with van der Waals surface area (Å²) in [4.78, 5) is 13.0. The number of carbonyl (C=O) groups excluding carboxylic acids is 1. The predicted molar refractivity (Wildman–Crippen MR) is 65.9 cm³/mol. The summed E-state index contributed by atoms with van der Waals surface area (Å²) in [5, 5.41) is 9.75. The van der Waals surface area contributed by atoms with Crippen LogP contribution in [0.4, 0.5) is 5.69 Å². The molecule has 0 radical (unpaired) electrons. The number of aromatic hydroxyl groups is 1. The topological polar surface area (TPSA) is 49.8 Å². The maximum Gasteiger partial charge on any atom is 0.310 e. The van der Waals surface area contributed by atoms with E-state index in [4.69, 9.17) is 0 Å². The molecule has 0 aliphatic rings. The summed E-state index contributed by atoms with van der Waals surface area (Å²) < 4.78 is 5.38. The number of esters is 1. The average Bonchev–Trinajstić information content (AvgIpc) is 2.22. The second-order valence-corrected chi connectivity index (χ2v) is 4.43. The van der Waals surface area contributed by atoms with E-state index in [9.17, 15) is 9.90 Å². The number of hydrogen-bond acceptors (Lipinski definition) is 4. The number of methoxy groups -OCH3 is 1. The minimum atomic E-state index is -0.375. The zero-order chi connectivity index (χ0) is 12.3. The highest BCUT2D eigenvalue weighted by atomic mass is 79.9. The summed E-state index contributed by atoms with van der Waals surface area (Å²) in [5.41, 5.74) is 1.40. The van der Waals surface area contributed by atoms with Gasteiger partial charge in [0, 0.05) is 30.2 Å². The van der Waals surface area contributed by atoms with Crippen LogP contribution in [-0.2, 0) is 16.0 Å². The molecule has 1 aromatic rings. The Labute approximate surface area is 103 Å². The molecule has 0 unspecified atom stereocenters. The molecule has 0 saturated heterocycles. The van der Waals surface area contributed by atoms with E-state index >= 15 is 0 Å². The summed E-state index contributed by atoms with van der Waals surface area (Å²) in [7, 11) is 5.07. The molecular formula is C11H14BrNO3. The van der Waals surface area contributed by atoms with E-state index < -0.39 is 0 Å². The zero-order valence-corrected chi connectivity index (χ0v) is 11.0. The standard InChI is InChI=1S/C11H14BrNO3/c1-13(2)9-6-10(14)7(4-8(9)12)5-11(15)16-3/h4,6,14H,5H2,1-3H3. The highest BCUT2D eigenvalue weighted by molar-refractivity contribution is 9.10. The lowest BCUT2D eigenvalue weighted by molar-refractivity contribution is -0.139. The molecule has 5 heteroatoms. The first kappa shape index (κ1) is 12.8. The van der Waals surface area contributed by atoms with E-state index in [1.807, 2.05) is 19.0 Å². The van der Waals surface area contributed by atoms with Crippen LogP contribution in [0.5, 0.6) is 5.75 Å². The first-order valence-corrected chi connectivity index (χ1v) is 5.50. The van der Waals surface area contributed by atoms with Crippen molar-refractivity contribution in [1.29, 1.82) is 0 Å². The van der Waals surface area contributed by atoms with Gasteiger partial charge in [-0.3, -0.25) is 4.79 Å². The van der Waals surface area contributed by atoms with Gasteiger partial charge in [-0.2, -0.15) is 0 Å². The van der Waals surface area contributed by atoms with Gasteiger partial charge in [0.25, 0.3) is 0 Å².